The van der Waals surface area contributed by atoms with Crippen LogP contribution >= 0.6 is 0 Å². The van der Waals surface area contributed by atoms with E-state index < -0.39 is 11.8 Å². The predicted molar refractivity (Wildman–Crippen MR) is 74.1 cm³/mol. The molecule has 1 aliphatic heterocycles. The topological polar surface area (TPSA) is 67.2 Å². The number of carbonyl (C=O) groups excluding carboxylic acids is 2. The molecule has 7 heteroatoms. The Balaban J connectivity index is 2.21. The lowest BCUT2D eigenvalue weighted by molar-refractivity contribution is -0.120. The Bertz CT molecular complexity index is 818. The van der Waals surface area contributed by atoms with Crippen molar-refractivity contribution in [3.05, 3.63) is 23.5 Å². The molecule has 3 rings (SSSR count). The third-order valence-electron chi connectivity index (χ3n) is 3.35. The standard InChI is InChI=1S/C14H11FN4O2/c1-3-8-6-9(15)7-10-12(8)18(2)17-13(10)19-5-4-11(20)16-14(19)21/h1,6-7H,4-5H2,2H3,(H,16,20,21). The highest BCUT2D eigenvalue weighted by molar-refractivity contribution is 6.09. The maximum Gasteiger partial charge on any atom is 0.329 e. The Hall–Kier alpha value is -2.88. The van der Waals surface area contributed by atoms with E-state index >= 15 is 0 Å². The number of rotatable bonds is 1. The first kappa shape index (κ1) is 13.1. The molecule has 21 heavy (non-hydrogen) atoms. The minimum absolute atomic E-state index is 0.168. The van der Waals surface area contributed by atoms with E-state index in [9.17, 15) is 14.0 Å². The van der Waals surface area contributed by atoms with Crippen molar-refractivity contribution in [2.75, 3.05) is 11.4 Å². The summed E-state index contributed by atoms with van der Waals surface area (Å²) in [5.74, 6) is 1.86. The van der Waals surface area contributed by atoms with Crippen molar-refractivity contribution in [3.8, 4) is 12.3 Å². The number of aromatic nitrogens is 2. The Morgan fingerprint density at radius 3 is 2.86 bits per heavy atom. The second-order valence-electron chi connectivity index (χ2n) is 4.70. The molecule has 0 radical (unpaired) electrons. The predicted octanol–water partition coefficient (Wildman–Crippen LogP) is 1.14. The number of nitrogens with one attached hydrogen (secondary N) is 1. The zero-order chi connectivity index (χ0) is 15.1. The number of hydrogen-bond donors (Lipinski definition) is 1. The van der Waals surface area contributed by atoms with E-state index in [1.54, 1.807) is 7.05 Å². The SMILES string of the molecule is C#Cc1cc(F)cc2c(N3CCC(=O)NC3=O)nn(C)c12. The van der Waals surface area contributed by atoms with E-state index in [-0.39, 0.29) is 24.7 Å². The molecule has 2 aromatic rings. The van der Waals surface area contributed by atoms with Crippen molar-refractivity contribution in [1.82, 2.24) is 15.1 Å². The van der Waals surface area contributed by atoms with Crippen LogP contribution in [-0.4, -0.2) is 28.3 Å². The van der Waals surface area contributed by atoms with E-state index in [1.165, 1.54) is 21.7 Å². The van der Waals surface area contributed by atoms with Gasteiger partial charge in [-0.3, -0.25) is 19.7 Å². The first-order chi connectivity index (χ1) is 10.0. The Morgan fingerprint density at radius 2 is 2.19 bits per heavy atom. The third kappa shape index (κ3) is 2.01. The van der Waals surface area contributed by atoms with Gasteiger partial charge in [-0.05, 0) is 12.1 Å². The van der Waals surface area contributed by atoms with Crippen LogP contribution in [-0.2, 0) is 11.8 Å². The second-order valence-corrected chi connectivity index (χ2v) is 4.70. The van der Waals surface area contributed by atoms with E-state index in [2.05, 4.69) is 16.3 Å². The number of amides is 3. The first-order valence-electron chi connectivity index (χ1n) is 6.25. The summed E-state index contributed by atoms with van der Waals surface area (Å²) in [6, 6.07) is 1.95. The fourth-order valence-corrected chi connectivity index (χ4v) is 2.44. The monoisotopic (exact) mass is 286 g/mol. The van der Waals surface area contributed by atoms with Gasteiger partial charge in [0.2, 0.25) is 5.91 Å². The van der Waals surface area contributed by atoms with Gasteiger partial charge in [0.25, 0.3) is 0 Å². The van der Waals surface area contributed by atoms with Crippen molar-refractivity contribution in [2.45, 2.75) is 6.42 Å². The summed E-state index contributed by atoms with van der Waals surface area (Å²) in [6.07, 6.45) is 5.56. The Kier molecular flexibility index (Phi) is 2.87. The molecule has 1 saturated heterocycles. The number of anilines is 1. The molecule has 0 aliphatic carbocycles. The molecule has 1 aliphatic rings. The van der Waals surface area contributed by atoms with Crippen LogP contribution in [0.15, 0.2) is 12.1 Å². The first-order valence-corrected chi connectivity index (χ1v) is 6.25. The summed E-state index contributed by atoms with van der Waals surface area (Å²) in [5.41, 5.74) is 0.929. The lowest BCUT2D eigenvalue weighted by atomic mass is 10.1. The van der Waals surface area contributed by atoms with Crippen LogP contribution in [0.2, 0.25) is 0 Å². The summed E-state index contributed by atoms with van der Waals surface area (Å²) < 4.78 is 15.2. The van der Waals surface area contributed by atoms with Gasteiger partial charge in [-0.25, -0.2) is 9.18 Å². The summed E-state index contributed by atoms with van der Waals surface area (Å²) in [5, 5.41) is 6.90. The zero-order valence-electron chi connectivity index (χ0n) is 11.2. The van der Waals surface area contributed by atoms with Crippen LogP contribution in [0.5, 0.6) is 0 Å². The van der Waals surface area contributed by atoms with Gasteiger partial charge in [-0.15, -0.1) is 6.42 Å². The van der Waals surface area contributed by atoms with Crippen molar-refractivity contribution in [2.24, 2.45) is 7.05 Å². The third-order valence-corrected chi connectivity index (χ3v) is 3.35. The number of benzene rings is 1. The molecular formula is C14H11FN4O2. The Morgan fingerprint density at radius 1 is 1.43 bits per heavy atom. The highest BCUT2D eigenvalue weighted by Gasteiger charge is 2.28. The molecule has 106 valence electrons. The molecule has 0 atom stereocenters. The quantitative estimate of drug-likeness (QED) is 0.799. The highest BCUT2D eigenvalue weighted by Crippen LogP contribution is 2.29. The molecule has 2 heterocycles. The van der Waals surface area contributed by atoms with Gasteiger partial charge < -0.3 is 0 Å². The smallest absolute Gasteiger partial charge is 0.278 e. The van der Waals surface area contributed by atoms with Gasteiger partial charge in [-0.1, -0.05) is 5.92 Å². The number of terminal acetylenes is 1. The molecule has 1 aromatic carbocycles. The number of urea groups is 1. The van der Waals surface area contributed by atoms with Crippen molar-refractivity contribution < 1.29 is 14.0 Å². The minimum Gasteiger partial charge on any atom is -0.278 e. The summed E-state index contributed by atoms with van der Waals surface area (Å²) in [6.45, 7) is 0.193. The fraction of sp³-hybridized carbons (Fsp3) is 0.214. The van der Waals surface area contributed by atoms with Crippen molar-refractivity contribution in [3.63, 3.8) is 0 Å². The molecule has 3 amide bonds. The number of halogens is 1. The van der Waals surface area contributed by atoms with Gasteiger partial charge in [0.05, 0.1) is 11.1 Å². The maximum atomic E-state index is 13.7. The number of carbonyl (C=O) groups is 2. The molecule has 1 aromatic heterocycles. The summed E-state index contributed by atoms with van der Waals surface area (Å²) in [4.78, 5) is 24.4. The average Bonchev–Trinajstić information content (AvgIpc) is 2.75. The summed E-state index contributed by atoms with van der Waals surface area (Å²) in [7, 11) is 1.66. The molecule has 0 unspecified atom stereocenters. The van der Waals surface area contributed by atoms with E-state index in [0.717, 1.165) is 0 Å². The van der Waals surface area contributed by atoms with E-state index in [0.29, 0.717) is 16.5 Å². The van der Waals surface area contributed by atoms with Crippen LogP contribution in [0.4, 0.5) is 15.0 Å². The van der Waals surface area contributed by atoms with Crippen LogP contribution in [0.25, 0.3) is 10.9 Å². The molecule has 1 N–H and O–H groups in total. The van der Waals surface area contributed by atoms with E-state index in [4.69, 9.17) is 6.42 Å². The van der Waals surface area contributed by atoms with Crippen LogP contribution in [0, 0.1) is 18.2 Å². The van der Waals surface area contributed by atoms with Gasteiger partial charge in [0, 0.05) is 25.4 Å². The molecule has 0 saturated carbocycles. The number of aryl methyl sites for hydroxylation is 1. The molecule has 0 spiro atoms. The molecule has 0 bridgehead atoms. The van der Waals surface area contributed by atoms with Crippen LogP contribution in [0.1, 0.15) is 12.0 Å². The summed E-state index contributed by atoms with van der Waals surface area (Å²) >= 11 is 0. The second kappa shape index (κ2) is 4.59. The highest BCUT2D eigenvalue weighted by atomic mass is 19.1. The van der Waals surface area contributed by atoms with Crippen LogP contribution < -0.4 is 10.2 Å². The zero-order valence-corrected chi connectivity index (χ0v) is 11.2. The van der Waals surface area contributed by atoms with E-state index in [1.807, 2.05) is 0 Å². The number of nitrogens with zero attached hydrogens (tertiary/aromatic N) is 3. The van der Waals surface area contributed by atoms with Crippen molar-refractivity contribution in [1.29, 1.82) is 0 Å². The van der Waals surface area contributed by atoms with Crippen LogP contribution in [0.3, 0.4) is 0 Å². The fourth-order valence-electron chi connectivity index (χ4n) is 2.44. The average molecular weight is 286 g/mol. The largest absolute Gasteiger partial charge is 0.329 e. The minimum atomic E-state index is -0.572. The van der Waals surface area contributed by atoms with Gasteiger partial charge in [-0.2, -0.15) is 5.10 Å². The number of hydrogen-bond acceptors (Lipinski definition) is 3. The van der Waals surface area contributed by atoms with Crippen molar-refractivity contribution >= 4 is 28.7 Å². The molecule has 1 fully saturated rings. The molecular weight excluding hydrogens is 275 g/mol. The maximum absolute atomic E-state index is 13.7. The number of imide groups is 1. The number of fused-ring (bicyclic) bond motifs is 1. The Labute approximate surface area is 119 Å². The normalized spacial score (nSPS) is 15.2. The van der Waals surface area contributed by atoms with Gasteiger partial charge >= 0.3 is 6.03 Å². The lowest BCUT2D eigenvalue weighted by Gasteiger charge is -2.24. The van der Waals surface area contributed by atoms with Gasteiger partial charge in [0.1, 0.15) is 5.82 Å². The van der Waals surface area contributed by atoms with Gasteiger partial charge in [0.15, 0.2) is 5.82 Å². The molecule has 6 nitrogen and oxygen atoms in total. The lowest BCUT2D eigenvalue weighted by Crippen LogP contribution is -2.49.